The van der Waals surface area contributed by atoms with Crippen LogP contribution in [0.25, 0.3) is 0 Å². The summed E-state index contributed by atoms with van der Waals surface area (Å²) in [4.78, 5) is 10.7. The van der Waals surface area contributed by atoms with Crippen molar-refractivity contribution in [2.75, 3.05) is 13.7 Å². The van der Waals surface area contributed by atoms with Crippen molar-refractivity contribution in [2.45, 2.75) is 20.0 Å². The van der Waals surface area contributed by atoms with Gasteiger partial charge in [-0.15, -0.1) is 0 Å². The van der Waals surface area contributed by atoms with E-state index in [2.05, 4.69) is 10.1 Å². The molecule has 100 valence electrons. The number of carbonyl (C=O) groups excluding carboxylic acids is 1. The molecule has 0 atom stereocenters. The Kier molecular flexibility index (Phi) is 5.35. The zero-order valence-corrected chi connectivity index (χ0v) is 10.2. The van der Waals surface area contributed by atoms with Gasteiger partial charge in [-0.1, -0.05) is 6.07 Å². The highest BCUT2D eigenvalue weighted by atomic mass is 19.3. The van der Waals surface area contributed by atoms with Gasteiger partial charge < -0.3 is 14.8 Å². The zero-order chi connectivity index (χ0) is 13.5. The van der Waals surface area contributed by atoms with E-state index in [0.717, 1.165) is 5.56 Å². The Hall–Kier alpha value is -1.85. The van der Waals surface area contributed by atoms with Crippen LogP contribution in [-0.4, -0.2) is 26.2 Å². The third-order valence-electron chi connectivity index (χ3n) is 2.23. The monoisotopic (exact) mass is 259 g/mol. The summed E-state index contributed by atoms with van der Waals surface area (Å²) >= 11 is 0. The number of nitrogens with one attached hydrogen (secondary N) is 1. The average molecular weight is 259 g/mol. The van der Waals surface area contributed by atoms with Gasteiger partial charge in [-0.2, -0.15) is 8.78 Å². The fourth-order valence-electron chi connectivity index (χ4n) is 1.44. The molecule has 0 fully saturated rings. The molecule has 0 saturated carbocycles. The number of hydrogen-bond acceptors (Lipinski definition) is 3. The smallest absolute Gasteiger partial charge is 0.387 e. The number of alkyl halides is 2. The number of methoxy groups -OCH3 is 1. The Balaban J connectivity index is 2.69. The van der Waals surface area contributed by atoms with Crippen LogP contribution in [0.15, 0.2) is 18.2 Å². The van der Waals surface area contributed by atoms with Crippen LogP contribution in [0.4, 0.5) is 8.78 Å². The topological polar surface area (TPSA) is 47.6 Å². The molecule has 18 heavy (non-hydrogen) atoms. The molecule has 1 aromatic carbocycles. The van der Waals surface area contributed by atoms with Gasteiger partial charge in [0.15, 0.2) is 11.5 Å². The molecule has 1 N–H and O–H groups in total. The third-order valence-corrected chi connectivity index (χ3v) is 2.23. The van der Waals surface area contributed by atoms with Crippen molar-refractivity contribution in [3.63, 3.8) is 0 Å². The molecule has 6 heteroatoms. The maximum absolute atomic E-state index is 12.1. The van der Waals surface area contributed by atoms with E-state index in [1.54, 1.807) is 12.1 Å². The van der Waals surface area contributed by atoms with E-state index in [-0.39, 0.29) is 17.4 Å². The van der Waals surface area contributed by atoms with Crippen molar-refractivity contribution in [3.05, 3.63) is 23.8 Å². The van der Waals surface area contributed by atoms with Crippen LogP contribution in [0, 0.1) is 0 Å². The highest BCUT2D eigenvalue weighted by molar-refractivity contribution is 5.72. The van der Waals surface area contributed by atoms with E-state index in [0.29, 0.717) is 13.0 Å². The predicted molar refractivity (Wildman–Crippen MR) is 62.0 cm³/mol. The van der Waals surface area contributed by atoms with Gasteiger partial charge in [0.05, 0.1) is 7.11 Å². The minimum atomic E-state index is -2.89. The van der Waals surface area contributed by atoms with Crippen molar-refractivity contribution >= 4 is 5.91 Å². The van der Waals surface area contributed by atoms with Crippen molar-refractivity contribution in [1.82, 2.24) is 5.32 Å². The standard InChI is InChI=1S/C12H15F2NO3/c1-8(16)15-6-5-9-3-4-10(18-12(13)14)11(7-9)17-2/h3-4,7,12H,5-6H2,1-2H3,(H,15,16). The van der Waals surface area contributed by atoms with Gasteiger partial charge in [-0.25, -0.2) is 0 Å². The van der Waals surface area contributed by atoms with Gasteiger partial charge in [-0.3, -0.25) is 4.79 Å². The van der Waals surface area contributed by atoms with Gasteiger partial charge in [0.2, 0.25) is 5.91 Å². The Morgan fingerprint density at radius 3 is 2.67 bits per heavy atom. The van der Waals surface area contributed by atoms with Crippen LogP contribution in [0.5, 0.6) is 11.5 Å². The van der Waals surface area contributed by atoms with Crippen molar-refractivity contribution < 1.29 is 23.0 Å². The van der Waals surface area contributed by atoms with Crippen molar-refractivity contribution in [3.8, 4) is 11.5 Å². The summed E-state index contributed by atoms with van der Waals surface area (Å²) in [6.45, 7) is -0.975. The summed E-state index contributed by atoms with van der Waals surface area (Å²) in [6, 6.07) is 4.69. The van der Waals surface area contributed by atoms with E-state index in [9.17, 15) is 13.6 Å². The Labute approximate surface area is 104 Å². The fourth-order valence-corrected chi connectivity index (χ4v) is 1.44. The minimum Gasteiger partial charge on any atom is -0.493 e. The van der Waals surface area contributed by atoms with Crippen LogP contribution in [0.2, 0.25) is 0 Å². The lowest BCUT2D eigenvalue weighted by Gasteiger charge is -2.11. The number of rotatable bonds is 6. The number of halogens is 2. The van der Waals surface area contributed by atoms with E-state index >= 15 is 0 Å². The van der Waals surface area contributed by atoms with Crippen LogP contribution in [-0.2, 0) is 11.2 Å². The molecule has 0 aliphatic carbocycles. The van der Waals surface area contributed by atoms with Gasteiger partial charge in [0.25, 0.3) is 0 Å². The van der Waals surface area contributed by atoms with Gasteiger partial charge in [0.1, 0.15) is 0 Å². The summed E-state index contributed by atoms with van der Waals surface area (Å²) in [6.07, 6.45) is 0.588. The Morgan fingerprint density at radius 1 is 1.39 bits per heavy atom. The zero-order valence-electron chi connectivity index (χ0n) is 10.2. The molecule has 4 nitrogen and oxygen atoms in total. The van der Waals surface area contributed by atoms with Gasteiger partial charge in [-0.05, 0) is 24.1 Å². The van der Waals surface area contributed by atoms with Crippen LogP contribution in [0.1, 0.15) is 12.5 Å². The van der Waals surface area contributed by atoms with Crippen LogP contribution < -0.4 is 14.8 Å². The number of ether oxygens (including phenoxy) is 2. The molecule has 0 aliphatic rings. The average Bonchev–Trinajstić information content (AvgIpc) is 2.29. The second kappa shape index (κ2) is 6.78. The normalized spacial score (nSPS) is 10.3. The van der Waals surface area contributed by atoms with Crippen molar-refractivity contribution in [1.29, 1.82) is 0 Å². The molecule has 0 aliphatic heterocycles. The van der Waals surface area contributed by atoms with E-state index in [1.165, 1.54) is 20.1 Å². The lowest BCUT2D eigenvalue weighted by atomic mass is 10.1. The molecule has 1 rings (SSSR count). The molecule has 1 amide bonds. The second-order valence-electron chi connectivity index (χ2n) is 3.60. The molecule has 0 radical (unpaired) electrons. The highest BCUT2D eigenvalue weighted by Gasteiger charge is 2.10. The third kappa shape index (κ3) is 4.57. The quantitative estimate of drug-likeness (QED) is 0.849. The Bertz CT molecular complexity index is 410. The number of hydrogen-bond donors (Lipinski definition) is 1. The molecule has 0 bridgehead atoms. The highest BCUT2D eigenvalue weighted by Crippen LogP contribution is 2.29. The lowest BCUT2D eigenvalue weighted by Crippen LogP contribution is -2.22. The van der Waals surface area contributed by atoms with Crippen LogP contribution >= 0.6 is 0 Å². The number of carbonyl (C=O) groups is 1. The largest absolute Gasteiger partial charge is 0.493 e. The summed E-state index contributed by atoms with van der Waals surface area (Å²) in [5.41, 5.74) is 0.863. The summed E-state index contributed by atoms with van der Waals surface area (Å²) in [7, 11) is 1.38. The number of benzene rings is 1. The maximum Gasteiger partial charge on any atom is 0.387 e. The van der Waals surface area contributed by atoms with E-state index in [1.807, 2.05) is 0 Å². The Morgan fingerprint density at radius 2 is 2.11 bits per heavy atom. The summed E-state index contributed by atoms with van der Waals surface area (Å²) in [5, 5.41) is 2.65. The van der Waals surface area contributed by atoms with E-state index in [4.69, 9.17) is 4.74 Å². The van der Waals surface area contributed by atoms with Crippen LogP contribution in [0.3, 0.4) is 0 Å². The van der Waals surface area contributed by atoms with Gasteiger partial charge >= 0.3 is 6.61 Å². The molecule has 0 aromatic heterocycles. The van der Waals surface area contributed by atoms with Crippen molar-refractivity contribution in [2.24, 2.45) is 0 Å². The first-order chi connectivity index (χ1) is 8.52. The first kappa shape index (κ1) is 14.2. The molecule has 0 saturated heterocycles. The first-order valence-corrected chi connectivity index (χ1v) is 5.39. The molecular weight excluding hydrogens is 244 g/mol. The lowest BCUT2D eigenvalue weighted by molar-refractivity contribution is -0.118. The van der Waals surface area contributed by atoms with Gasteiger partial charge in [0, 0.05) is 13.5 Å². The predicted octanol–water partition coefficient (Wildman–Crippen LogP) is 1.98. The molecule has 0 heterocycles. The summed E-state index contributed by atoms with van der Waals surface area (Å²) < 4.78 is 33.5. The number of amides is 1. The molecular formula is C12H15F2NO3. The minimum absolute atomic E-state index is 0.00391. The molecule has 0 unspecified atom stereocenters. The molecule has 0 spiro atoms. The first-order valence-electron chi connectivity index (χ1n) is 5.39. The maximum atomic E-state index is 12.1. The fraction of sp³-hybridized carbons (Fsp3) is 0.417. The SMILES string of the molecule is COc1cc(CCNC(C)=O)ccc1OC(F)F. The molecule has 1 aromatic rings. The van der Waals surface area contributed by atoms with E-state index < -0.39 is 6.61 Å². The summed E-state index contributed by atoms with van der Waals surface area (Å²) in [5.74, 6) is 0.131. The second-order valence-corrected chi connectivity index (χ2v) is 3.60.